The van der Waals surface area contributed by atoms with Gasteiger partial charge in [0.05, 0.1) is 7.11 Å². The minimum absolute atomic E-state index is 0.0328. The number of benzene rings is 1. The van der Waals surface area contributed by atoms with Gasteiger partial charge < -0.3 is 15.0 Å². The minimum Gasteiger partial charge on any atom is -0.497 e. The maximum absolute atomic E-state index is 12.9. The number of rotatable bonds is 7. The predicted octanol–water partition coefficient (Wildman–Crippen LogP) is 2.40. The van der Waals surface area contributed by atoms with Crippen LogP contribution < -0.4 is 20.5 Å². The molecule has 1 atom stereocenters. The largest absolute Gasteiger partial charge is 0.497 e. The summed E-state index contributed by atoms with van der Waals surface area (Å²) in [7, 11) is 1.63. The van der Waals surface area contributed by atoms with Crippen LogP contribution in [0.15, 0.2) is 35.1 Å². The Balaban J connectivity index is 1.49. The Kier molecular flexibility index (Phi) is 5.98. The highest BCUT2D eigenvalue weighted by Crippen LogP contribution is 2.29. The van der Waals surface area contributed by atoms with Gasteiger partial charge in [-0.1, -0.05) is 36.8 Å². The topological polar surface area (TPSA) is 88.8 Å². The number of nitrogens with zero attached hydrogens (tertiary/aromatic N) is 4. The summed E-state index contributed by atoms with van der Waals surface area (Å²) in [5.41, 5.74) is 1.62. The number of carbonyl (C=O) groups excluding carboxylic acids is 1. The molecule has 3 aromatic rings. The molecule has 0 bridgehead atoms. The lowest BCUT2D eigenvalue weighted by Crippen LogP contribution is -2.43. The molecule has 30 heavy (non-hydrogen) atoms. The molecule has 1 aliphatic heterocycles. The molecule has 0 saturated carbocycles. The van der Waals surface area contributed by atoms with Gasteiger partial charge in [-0.25, -0.2) is 4.98 Å². The van der Waals surface area contributed by atoms with Crippen molar-refractivity contribution in [1.29, 1.82) is 0 Å². The summed E-state index contributed by atoms with van der Waals surface area (Å²) in [5.74, 6) is 0.753. The fraction of sp³-hybridized carbons (Fsp3) is 0.429. The summed E-state index contributed by atoms with van der Waals surface area (Å²) < 4.78 is 6.50. The highest BCUT2D eigenvalue weighted by molar-refractivity contribution is 7.20. The van der Waals surface area contributed by atoms with Crippen LogP contribution in [0.5, 0.6) is 5.75 Å². The molecule has 9 heteroatoms. The van der Waals surface area contributed by atoms with Gasteiger partial charge in [0.15, 0.2) is 0 Å². The number of methoxy groups -OCH3 is 1. The number of nitrogens with one attached hydrogen (secondary N) is 1. The first-order chi connectivity index (χ1) is 14.6. The van der Waals surface area contributed by atoms with Crippen molar-refractivity contribution in [2.24, 2.45) is 0 Å². The highest BCUT2D eigenvalue weighted by atomic mass is 32.1. The number of fused-ring (bicyclic) bond motifs is 1. The highest BCUT2D eigenvalue weighted by Gasteiger charge is 2.33. The maximum atomic E-state index is 12.9. The third-order valence-corrected chi connectivity index (χ3v) is 6.17. The van der Waals surface area contributed by atoms with Crippen molar-refractivity contribution in [3.05, 3.63) is 51.9 Å². The molecule has 0 radical (unpaired) electrons. The fourth-order valence-corrected chi connectivity index (χ4v) is 4.67. The van der Waals surface area contributed by atoms with Crippen molar-refractivity contribution in [3.63, 3.8) is 0 Å². The van der Waals surface area contributed by atoms with Crippen molar-refractivity contribution in [2.45, 2.75) is 45.2 Å². The molecule has 8 nitrogen and oxygen atoms in total. The van der Waals surface area contributed by atoms with Gasteiger partial charge in [0.1, 0.15) is 11.8 Å². The third-order valence-electron chi connectivity index (χ3n) is 5.22. The van der Waals surface area contributed by atoms with Gasteiger partial charge in [0, 0.05) is 24.8 Å². The molecule has 1 N–H and O–H groups in total. The molecule has 2 aromatic heterocycles. The standard InChI is InChI=1S/C21H25N5O3S/c1-3-5-15-12-18(27)26-20(23-15)30-21(24-26)25-11-4-6-17(25)19(28)22-13-14-7-9-16(29-2)10-8-14/h7-10,12,17H,3-6,11,13H2,1-2H3,(H,22,28). The average molecular weight is 428 g/mol. The van der Waals surface area contributed by atoms with E-state index in [9.17, 15) is 9.59 Å². The first kappa shape index (κ1) is 20.3. The number of aromatic nitrogens is 3. The number of carbonyl (C=O) groups is 1. The molecule has 1 aliphatic rings. The van der Waals surface area contributed by atoms with Crippen molar-refractivity contribution < 1.29 is 9.53 Å². The number of ether oxygens (including phenoxy) is 1. The second-order valence-electron chi connectivity index (χ2n) is 7.33. The van der Waals surface area contributed by atoms with Crippen molar-refractivity contribution >= 4 is 27.3 Å². The lowest BCUT2D eigenvalue weighted by molar-refractivity contribution is -0.122. The van der Waals surface area contributed by atoms with Crippen LogP contribution in [0.4, 0.5) is 5.13 Å². The summed E-state index contributed by atoms with van der Waals surface area (Å²) in [6, 6.07) is 8.87. The summed E-state index contributed by atoms with van der Waals surface area (Å²) >= 11 is 1.36. The second-order valence-corrected chi connectivity index (χ2v) is 8.27. The molecule has 1 fully saturated rings. The smallest absolute Gasteiger partial charge is 0.275 e. The SMILES string of the molecule is CCCc1cc(=O)n2nc(N3CCCC3C(=O)NCc3ccc(OC)cc3)sc2n1. The van der Waals surface area contributed by atoms with E-state index in [0.717, 1.165) is 49.2 Å². The zero-order valence-electron chi connectivity index (χ0n) is 17.1. The van der Waals surface area contributed by atoms with Gasteiger partial charge in [0.25, 0.3) is 5.56 Å². The Morgan fingerprint density at radius 2 is 2.13 bits per heavy atom. The molecule has 4 rings (SSSR count). The average Bonchev–Trinajstić information content (AvgIpc) is 3.40. The van der Waals surface area contributed by atoms with E-state index in [-0.39, 0.29) is 17.5 Å². The summed E-state index contributed by atoms with van der Waals surface area (Å²) in [4.78, 5) is 32.4. The lowest BCUT2D eigenvalue weighted by atomic mass is 10.2. The number of amides is 1. The molecule has 3 heterocycles. The molecule has 0 aliphatic carbocycles. The van der Waals surface area contributed by atoms with E-state index < -0.39 is 0 Å². The van der Waals surface area contributed by atoms with Crippen LogP contribution in [0.1, 0.15) is 37.4 Å². The molecule has 1 amide bonds. The zero-order chi connectivity index (χ0) is 21.1. The van der Waals surface area contributed by atoms with Gasteiger partial charge in [0.2, 0.25) is 16.0 Å². The van der Waals surface area contributed by atoms with Crippen LogP contribution in [0.2, 0.25) is 0 Å². The van der Waals surface area contributed by atoms with Crippen LogP contribution in [0.3, 0.4) is 0 Å². The van der Waals surface area contributed by atoms with E-state index in [4.69, 9.17) is 4.74 Å². The number of hydrogen-bond donors (Lipinski definition) is 1. The van der Waals surface area contributed by atoms with Crippen molar-refractivity contribution in [1.82, 2.24) is 19.9 Å². The first-order valence-corrected chi connectivity index (χ1v) is 11.0. The van der Waals surface area contributed by atoms with E-state index in [1.54, 1.807) is 13.2 Å². The Hall–Kier alpha value is -2.94. The van der Waals surface area contributed by atoms with Crippen LogP contribution in [0.25, 0.3) is 4.96 Å². The van der Waals surface area contributed by atoms with E-state index in [1.807, 2.05) is 29.2 Å². The van der Waals surface area contributed by atoms with Crippen molar-refractivity contribution in [3.8, 4) is 5.75 Å². The van der Waals surface area contributed by atoms with E-state index >= 15 is 0 Å². The Morgan fingerprint density at radius 3 is 2.87 bits per heavy atom. The quantitative estimate of drug-likeness (QED) is 0.623. The number of anilines is 1. The third kappa shape index (κ3) is 4.16. The summed E-state index contributed by atoms with van der Waals surface area (Å²) in [6.45, 7) is 3.24. The normalized spacial score (nSPS) is 16.2. The maximum Gasteiger partial charge on any atom is 0.275 e. The van der Waals surface area contributed by atoms with Crippen LogP contribution >= 0.6 is 11.3 Å². The minimum atomic E-state index is -0.297. The summed E-state index contributed by atoms with van der Waals surface area (Å²) in [6.07, 6.45) is 3.35. The Morgan fingerprint density at radius 1 is 1.33 bits per heavy atom. The van der Waals surface area contributed by atoms with E-state index in [1.165, 1.54) is 15.9 Å². The Bertz CT molecular complexity index is 1090. The van der Waals surface area contributed by atoms with Gasteiger partial charge in [-0.2, -0.15) is 4.52 Å². The molecule has 0 spiro atoms. The van der Waals surface area contributed by atoms with E-state index in [2.05, 4.69) is 22.3 Å². The van der Waals surface area contributed by atoms with Gasteiger partial charge in [-0.05, 0) is 37.0 Å². The zero-order valence-corrected chi connectivity index (χ0v) is 17.9. The van der Waals surface area contributed by atoms with Gasteiger partial charge >= 0.3 is 0 Å². The monoisotopic (exact) mass is 427 g/mol. The number of hydrogen-bond acceptors (Lipinski definition) is 7. The summed E-state index contributed by atoms with van der Waals surface area (Å²) in [5, 5.41) is 8.14. The van der Waals surface area contributed by atoms with Gasteiger partial charge in [-0.3, -0.25) is 9.59 Å². The Labute approximate surface area is 178 Å². The number of aryl methyl sites for hydroxylation is 1. The fourth-order valence-electron chi connectivity index (χ4n) is 3.67. The van der Waals surface area contributed by atoms with Crippen LogP contribution in [0, 0.1) is 0 Å². The lowest BCUT2D eigenvalue weighted by Gasteiger charge is -2.22. The van der Waals surface area contributed by atoms with Crippen LogP contribution in [-0.2, 0) is 17.8 Å². The van der Waals surface area contributed by atoms with E-state index in [0.29, 0.717) is 16.6 Å². The second kappa shape index (κ2) is 8.83. The molecule has 1 unspecified atom stereocenters. The molecule has 158 valence electrons. The van der Waals surface area contributed by atoms with Crippen LogP contribution in [-0.4, -0.2) is 40.2 Å². The molecular weight excluding hydrogens is 402 g/mol. The molecule has 1 saturated heterocycles. The van der Waals surface area contributed by atoms with Crippen molar-refractivity contribution in [2.75, 3.05) is 18.6 Å². The molecule has 1 aromatic carbocycles. The predicted molar refractivity (Wildman–Crippen MR) is 116 cm³/mol. The van der Waals surface area contributed by atoms with Gasteiger partial charge in [-0.15, -0.1) is 5.10 Å². The first-order valence-electron chi connectivity index (χ1n) is 10.2. The molecular formula is C21H25N5O3S.